The largest absolute Gasteiger partial charge is 0.489 e. The molecule has 0 spiro atoms. The molecule has 0 aromatic heterocycles. The second kappa shape index (κ2) is 10.4. The van der Waals surface area contributed by atoms with Gasteiger partial charge in [0.25, 0.3) is 0 Å². The summed E-state index contributed by atoms with van der Waals surface area (Å²) in [6.07, 6.45) is -0.269. The Hall–Kier alpha value is -2.45. The van der Waals surface area contributed by atoms with Crippen LogP contribution in [0.4, 0.5) is 23.7 Å². The predicted octanol–water partition coefficient (Wildman–Crippen LogP) is 6.28. The van der Waals surface area contributed by atoms with E-state index in [0.717, 1.165) is 50.2 Å². The second-order valence-electron chi connectivity index (χ2n) is 9.18. The van der Waals surface area contributed by atoms with Crippen molar-refractivity contribution in [1.29, 1.82) is 0 Å². The highest BCUT2D eigenvalue weighted by Crippen LogP contribution is 2.36. The van der Waals surface area contributed by atoms with E-state index in [4.69, 9.17) is 16.3 Å². The predicted molar refractivity (Wildman–Crippen MR) is 126 cm³/mol. The van der Waals surface area contributed by atoms with Crippen LogP contribution in [0.5, 0.6) is 5.75 Å². The second-order valence-corrected chi connectivity index (χ2v) is 9.55. The van der Waals surface area contributed by atoms with Crippen LogP contribution in [0, 0.1) is 5.92 Å². The summed E-state index contributed by atoms with van der Waals surface area (Å²) in [4.78, 5) is 16.3. The van der Waals surface area contributed by atoms with Crippen LogP contribution in [0.1, 0.15) is 36.8 Å². The number of carbonyl (C=O) groups excluding carboxylic acids is 1. The molecule has 9 heteroatoms. The Balaban J connectivity index is 1.22. The molecule has 1 heterocycles. The number of halogens is 4. The topological polar surface area (TPSA) is 44.8 Å². The van der Waals surface area contributed by atoms with Crippen molar-refractivity contribution in [2.75, 3.05) is 32.0 Å². The Labute approximate surface area is 202 Å². The molecule has 2 aromatic rings. The van der Waals surface area contributed by atoms with Gasteiger partial charge in [-0.3, -0.25) is 4.90 Å². The Morgan fingerprint density at radius 2 is 1.82 bits per heavy atom. The molecule has 1 saturated carbocycles. The van der Waals surface area contributed by atoms with Gasteiger partial charge in [0.2, 0.25) is 0 Å². The summed E-state index contributed by atoms with van der Waals surface area (Å²) < 4.78 is 44.2. The molecule has 2 aromatic carbocycles. The normalized spacial score (nSPS) is 20.6. The lowest BCUT2D eigenvalue weighted by molar-refractivity contribution is -0.137. The Kier molecular flexibility index (Phi) is 7.57. The van der Waals surface area contributed by atoms with Crippen LogP contribution in [-0.2, 0) is 12.7 Å². The van der Waals surface area contributed by atoms with Crippen molar-refractivity contribution in [1.82, 2.24) is 9.80 Å². The highest BCUT2D eigenvalue weighted by molar-refractivity contribution is 6.32. The van der Waals surface area contributed by atoms with Gasteiger partial charge in [0.05, 0.1) is 16.7 Å². The summed E-state index contributed by atoms with van der Waals surface area (Å²) in [5, 5.41) is 3.31. The number of alkyl halides is 3. The number of carbonyl (C=O) groups is 1. The SMILES string of the molecule is CN(CC1CC(Oc2cccc(CN3CCCC3)c2Cl)C1)C(=O)Nc1ccc(C(F)(F)F)cc1. The lowest BCUT2D eigenvalue weighted by Crippen LogP contribution is -2.43. The summed E-state index contributed by atoms with van der Waals surface area (Å²) in [7, 11) is 1.67. The zero-order chi connectivity index (χ0) is 24.3. The summed E-state index contributed by atoms with van der Waals surface area (Å²) in [5.41, 5.74) is 0.654. The number of rotatable bonds is 7. The Morgan fingerprint density at radius 1 is 1.15 bits per heavy atom. The first kappa shape index (κ1) is 24.7. The third-order valence-corrected chi connectivity index (χ3v) is 6.89. The van der Waals surface area contributed by atoms with Crippen molar-refractivity contribution >= 4 is 23.3 Å². The van der Waals surface area contributed by atoms with Crippen molar-refractivity contribution < 1.29 is 22.7 Å². The summed E-state index contributed by atoms with van der Waals surface area (Å²) in [6.45, 7) is 3.58. The molecule has 1 aliphatic heterocycles. The van der Waals surface area contributed by atoms with Crippen molar-refractivity contribution in [3.05, 3.63) is 58.6 Å². The molecule has 5 nitrogen and oxygen atoms in total. The summed E-state index contributed by atoms with van der Waals surface area (Å²) >= 11 is 6.61. The van der Waals surface area contributed by atoms with Gasteiger partial charge < -0.3 is 15.0 Å². The molecule has 184 valence electrons. The van der Waals surface area contributed by atoms with Crippen LogP contribution < -0.4 is 10.1 Å². The molecule has 1 saturated heterocycles. The highest BCUT2D eigenvalue weighted by Gasteiger charge is 2.33. The molecule has 0 bridgehead atoms. The molecule has 4 rings (SSSR count). The number of ether oxygens (including phenoxy) is 1. The Bertz CT molecular complexity index is 988. The Morgan fingerprint density at radius 3 is 2.47 bits per heavy atom. The van der Waals surface area contributed by atoms with Gasteiger partial charge in [-0.2, -0.15) is 13.2 Å². The standard InChI is InChI=1S/C25H29ClF3N3O2/c1-31(24(33)30-20-9-7-19(8-10-20)25(27,28)29)15-17-13-21(14-17)34-22-6-4-5-18(23(22)26)16-32-11-2-3-12-32/h4-10,17,21H,2-3,11-16H2,1H3,(H,30,33). The number of benzene rings is 2. The third-order valence-electron chi connectivity index (χ3n) is 6.46. The molecule has 2 amide bonds. The number of amides is 2. The van der Waals surface area contributed by atoms with Gasteiger partial charge in [-0.1, -0.05) is 23.7 Å². The number of nitrogens with one attached hydrogen (secondary N) is 1. The van der Waals surface area contributed by atoms with Gasteiger partial charge in [-0.05, 0) is 80.6 Å². The van der Waals surface area contributed by atoms with Crippen LogP contribution in [0.3, 0.4) is 0 Å². The molecular weight excluding hydrogens is 467 g/mol. The van der Waals surface area contributed by atoms with Gasteiger partial charge in [-0.25, -0.2) is 4.79 Å². The minimum Gasteiger partial charge on any atom is -0.489 e. The quantitative estimate of drug-likeness (QED) is 0.492. The average molecular weight is 496 g/mol. The van der Waals surface area contributed by atoms with E-state index < -0.39 is 11.7 Å². The molecule has 2 fully saturated rings. The first-order valence-electron chi connectivity index (χ1n) is 11.5. The molecule has 1 N–H and O–H groups in total. The smallest absolute Gasteiger partial charge is 0.416 e. The number of nitrogens with zero attached hydrogens (tertiary/aromatic N) is 2. The van der Waals surface area contributed by atoms with E-state index in [2.05, 4.69) is 10.2 Å². The molecule has 0 radical (unpaired) electrons. The third kappa shape index (κ3) is 6.16. The fourth-order valence-corrected chi connectivity index (χ4v) is 4.71. The zero-order valence-corrected chi connectivity index (χ0v) is 19.8. The van der Waals surface area contributed by atoms with Crippen molar-refractivity contribution in [2.24, 2.45) is 5.92 Å². The highest BCUT2D eigenvalue weighted by atomic mass is 35.5. The van der Waals surface area contributed by atoms with Crippen LogP contribution in [-0.4, -0.2) is 48.6 Å². The van der Waals surface area contributed by atoms with Gasteiger partial charge in [-0.15, -0.1) is 0 Å². The van der Waals surface area contributed by atoms with E-state index >= 15 is 0 Å². The van der Waals surface area contributed by atoms with Crippen LogP contribution in [0.15, 0.2) is 42.5 Å². The number of urea groups is 1. The maximum absolute atomic E-state index is 12.7. The minimum atomic E-state index is -4.40. The molecule has 0 unspecified atom stereocenters. The maximum atomic E-state index is 12.7. The van der Waals surface area contributed by atoms with Crippen molar-refractivity contribution in [3.63, 3.8) is 0 Å². The zero-order valence-electron chi connectivity index (χ0n) is 19.1. The molecule has 0 atom stereocenters. The van der Waals surface area contributed by atoms with E-state index in [1.807, 2.05) is 18.2 Å². The average Bonchev–Trinajstić information content (AvgIpc) is 3.27. The number of likely N-dealkylation sites (tertiary alicyclic amines) is 1. The first-order valence-corrected chi connectivity index (χ1v) is 11.9. The molecule has 34 heavy (non-hydrogen) atoms. The fourth-order valence-electron chi connectivity index (χ4n) is 4.48. The summed E-state index contributed by atoms with van der Waals surface area (Å²) in [5.74, 6) is 0.995. The van der Waals surface area contributed by atoms with Crippen LogP contribution >= 0.6 is 11.6 Å². The number of hydrogen-bond acceptors (Lipinski definition) is 3. The maximum Gasteiger partial charge on any atom is 0.416 e. The lowest BCUT2D eigenvalue weighted by Gasteiger charge is -2.37. The number of hydrogen-bond donors (Lipinski definition) is 1. The first-order chi connectivity index (χ1) is 16.2. The van der Waals surface area contributed by atoms with E-state index in [9.17, 15) is 18.0 Å². The van der Waals surface area contributed by atoms with Gasteiger partial charge in [0, 0.05) is 25.8 Å². The van der Waals surface area contributed by atoms with Gasteiger partial charge in [0.15, 0.2) is 0 Å². The van der Waals surface area contributed by atoms with E-state index in [1.165, 1.54) is 25.0 Å². The molecule has 2 aliphatic rings. The summed E-state index contributed by atoms with van der Waals surface area (Å²) in [6, 6.07) is 9.97. The van der Waals surface area contributed by atoms with Crippen LogP contribution in [0.25, 0.3) is 0 Å². The van der Waals surface area contributed by atoms with E-state index in [0.29, 0.717) is 28.9 Å². The minimum absolute atomic E-state index is 0.0518. The van der Waals surface area contributed by atoms with Gasteiger partial charge >= 0.3 is 12.2 Å². The van der Waals surface area contributed by atoms with Crippen molar-refractivity contribution in [2.45, 2.75) is 44.5 Å². The van der Waals surface area contributed by atoms with Gasteiger partial charge in [0.1, 0.15) is 5.75 Å². The lowest BCUT2D eigenvalue weighted by atomic mass is 9.82. The number of anilines is 1. The van der Waals surface area contributed by atoms with E-state index in [-0.39, 0.29) is 12.1 Å². The monoisotopic (exact) mass is 495 g/mol. The molecular formula is C25H29ClF3N3O2. The van der Waals surface area contributed by atoms with E-state index in [1.54, 1.807) is 11.9 Å². The molecule has 1 aliphatic carbocycles. The van der Waals surface area contributed by atoms with Crippen molar-refractivity contribution in [3.8, 4) is 5.75 Å². The van der Waals surface area contributed by atoms with Crippen LogP contribution in [0.2, 0.25) is 5.02 Å². The fraction of sp³-hybridized carbons (Fsp3) is 0.480.